The molecule has 0 radical (unpaired) electrons. The van der Waals surface area contributed by atoms with E-state index in [1.807, 2.05) is 6.07 Å². The van der Waals surface area contributed by atoms with Crippen molar-refractivity contribution in [1.82, 2.24) is 4.90 Å². The van der Waals surface area contributed by atoms with E-state index in [0.717, 1.165) is 32.5 Å². The number of aliphatic hydroxyl groups excluding tert-OH is 1. The van der Waals surface area contributed by atoms with Gasteiger partial charge in [0.15, 0.2) is 11.5 Å². The highest BCUT2D eigenvalue weighted by Crippen LogP contribution is 2.34. The van der Waals surface area contributed by atoms with Crippen LogP contribution < -0.4 is 0 Å². The molecule has 4 rings (SSSR count). The van der Waals surface area contributed by atoms with Crippen LogP contribution in [0, 0.1) is 5.92 Å². The van der Waals surface area contributed by atoms with E-state index < -0.39 is 5.60 Å². The van der Waals surface area contributed by atoms with Crippen LogP contribution >= 0.6 is 0 Å². The van der Waals surface area contributed by atoms with Crippen molar-refractivity contribution < 1.29 is 14.6 Å². The summed E-state index contributed by atoms with van der Waals surface area (Å²) >= 11 is 0. The Kier molecular flexibility index (Phi) is 5.60. The summed E-state index contributed by atoms with van der Waals surface area (Å²) in [6.07, 6.45) is 6.99. The predicted octanol–water partition coefficient (Wildman–Crippen LogP) is 3.31. The molecule has 2 heterocycles. The summed E-state index contributed by atoms with van der Waals surface area (Å²) in [5, 5.41) is 10.3. The van der Waals surface area contributed by atoms with E-state index in [1.54, 1.807) is 0 Å². The van der Waals surface area contributed by atoms with Gasteiger partial charge in [-0.3, -0.25) is 9.69 Å². The van der Waals surface area contributed by atoms with Gasteiger partial charge >= 0.3 is 0 Å². The first kappa shape index (κ1) is 18.6. The van der Waals surface area contributed by atoms with E-state index in [0.29, 0.717) is 37.5 Å². The number of hydrogen-bond donors (Lipinski definition) is 1. The van der Waals surface area contributed by atoms with Gasteiger partial charge in [-0.1, -0.05) is 43.2 Å². The highest BCUT2D eigenvalue weighted by atomic mass is 16.5. The number of piperidine rings is 1. The molecule has 1 aromatic carbocycles. The molecule has 1 amide bonds. The largest absolute Gasteiger partial charge is 0.464 e. The van der Waals surface area contributed by atoms with Crippen molar-refractivity contribution in [2.75, 3.05) is 13.1 Å². The first-order valence-electron chi connectivity index (χ1n) is 10.4. The highest BCUT2D eigenvalue weighted by molar-refractivity contribution is 6.02. The van der Waals surface area contributed by atoms with Crippen LogP contribution in [0.25, 0.3) is 0 Å². The summed E-state index contributed by atoms with van der Waals surface area (Å²) in [4.78, 5) is 19.1. The molecule has 1 saturated heterocycles. The Balaban J connectivity index is 1.26. The molecule has 27 heavy (non-hydrogen) atoms. The van der Waals surface area contributed by atoms with E-state index in [1.165, 1.54) is 18.4 Å². The van der Waals surface area contributed by atoms with Crippen LogP contribution in [-0.4, -0.2) is 46.6 Å². The van der Waals surface area contributed by atoms with Crippen molar-refractivity contribution in [3.05, 3.63) is 35.9 Å². The number of likely N-dealkylation sites (tertiary alicyclic amines) is 1. The van der Waals surface area contributed by atoms with Crippen molar-refractivity contribution >= 4 is 11.8 Å². The lowest BCUT2D eigenvalue weighted by Gasteiger charge is -2.37. The number of hydrogen-bond acceptors (Lipinski definition) is 4. The number of aliphatic imine (C=N–C) groups is 1. The Morgan fingerprint density at radius 3 is 2.59 bits per heavy atom. The Morgan fingerprint density at radius 1 is 1.19 bits per heavy atom. The molecule has 5 nitrogen and oxygen atoms in total. The summed E-state index contributed by atoms with van der Waals surface area (Å²) in [7, 11) is 0. The summed E-state index contributed by atoms with van der Waals surface area (Å²) in [5.74, 6) is 0.832. The van der Waals surface area contributed by atoms with Crippen molar-refractivity contribution in [3.63, 3.8) is 0 Å². The maximum Gasteiger partial charge on any atom is 0.292 e. The van der Waals surface area contributed by atoms with E-state index in [9.17, 15) is 9.90 Å². The van der Waals surface area contributed by atoms with Gasteiger partial charge in [0.05, 0.1) is 6.10 Å². The quantitative estimate of drug-likeness (QED) is 0.834. The second kappa shape index (κ2) is 8.11. The molecule has 5 heteroatoms. The molecule has 1 aromatic rings. The van der Waals surface area contributed by atoms with Crippen molar-refractivity contribution in [2.45, 2.75) is 69.6 Å². The summed E-state index contributed by atoms with van der Waals surface area (Å²) < 4.78 is 6.08. The maximum atomic E-state index is 12.5. The fraction of sp³-hybridized carbons (Fsp3) is 0.636. The van der Waals surface area contributed by atoms with Gasteiger partial charge in [-0.2, -0.15) is 4.99 Å². The molecule has 2 aliphatic heterocycles. The molecule has 1 unspecified atom stereocenters. The third-order valence-electron chi connectivity index (χ3n) is 6.44. The van der Waals surface area contributed by atoms with Gasteiger partial charge in [0.25, 0.3) is 5.91 Å². The molecule has 0 aromatic heterocycles. The number of ether oxygens (including phenoxy) is 1. The zero-order chi connectivity index (χ0) is 18.7. The van der Waals surface area contributed by atoms with Gasteiger partial charge in [-0.25, -0.2) is 0 Å². The Hall–Kier alpha value is -1.72. The van der Waals surface area contributed by atoms with Gasteiger partial charge < -0.3 is 9.84 Å². The standard InChI is InChI=1S/C22H30N2O3/c25-19(18-8-4-5-9-18)10-11-20-23-21(26)22(27-20)12-14-24(15-13-22)16-17-6-2-1-3-7-17/h1-3,6-7,18-19,25H,4-5,8-16H2. The molecule has 1 saturated carbocycles. The van der Waals surface area contributed by atoms with Gasteiger partial charge in [0, 0.05) is 38.9 Å². The van der Waals surface area contributed by atoms with Crippen LogP contribution in [0.3, 0.4) is 0 Å². The minimum Gasteiger partial charge on any atom is -0.464 e. The fourth-order valence-corrected chi connectivity index (χ4v) is 4.69. The van der Waals surface area contributed by atoms with E-state index >= 15 is 0 Å². The molecule has 1 atom stereocenters. The molecule has 3 aliphatic rings. The third-order valence-corrected chi connectivity index (χ3v) is 6.44. The SMILES string of the molecule is O=C1N=C(CCC(O)C2CCCC2)OC12CCN(Cc1ccccc1)CC2. The zero-order valence-corrected chi connectivity index (χ0v) is 16.0. The molecule has 1 spiro atoms. The molecule has 2 fully saturated rings. The van der Waals surface area contributed by atoms with Crippen LogP contribution in [0.2, 0.25) is 0 Å². The molecule has 1 N–H and O–H groups in total. The van der Waals surface area contributed by atoms with E-state index in [2.05, 4.69) is 34.2 Å². The number of rotatable bonds is 6. The predicted molar refractivity (Wildman–Crippen MR) is 104 cm³/mol. The topological polar surface area (TPSA) is 62.1 Å². The van der Waals surface area contributed by atoms with Crippen LogP contribution in [0.4, 0.5) is 0 Å². The number of carbonyl (C=O) groups is 1. The summed E-state index contributed by atoms with van der Waals surface area (Å²) in [6, 6.07) is 10.4. The summed E-state index contributed by atoms with van der Waals surface area (Å²) in [5.41, 5.74) is 0.547. The lowest BCUT2D eigenvalue weighted by molar-refractivity contribution is -0.134. The molecular formula is C22H30N2O3. The summed E-state index contributed by atoms with van der Waals surface area (Å²) in [6.45, 7) is 2.59. The lowest BCUT2D eigenvalue weighted by Crippen LogP contribution is -2.48. The third kappa shape index (κ3) is 4.25. The first-order valence-corrected chi connectivity index (χ1v) is 10.4. The average molecular weight is 370 g/mol. The average Bonchev–Trinajstić information content (AvgIpc) is 3.32. The Labute approximate surface area is 161 Å². The monoisotopic (exact) mass is 370 g/mol. The van der Waals surface area contributed by atoms with Crippen molar-refractivity contribution in [3.8, 4) is 0 Å². The number of aliphatic hydroxyl groups is 1. The minimum atomic E-state index is -0.749. The Bertz CT molecular complexity index is 674. The second-order valence-corrected chi connectivity index (χ2v) is 8.32. The molecular weight excluding hydrogens is 340 g/mol. The molecule has 0 bridgehead atoms. The highest BCUT2D eigenvalue weighted by Gasteiger charge is 2.48. The van der Waals surface area contributed by atoms with E-state index in [-0.39, 0.29) is 12.0 Å². The molecule has 1 aliphatic carbocycles. The number of amides is 1. The zero-order valence-electron chi connectivity index (χ0n) is 16.0. The normalized spacial score (nSPS) is 24.2. The van der Waals surface area contributed by atoms with Crippen LogP contribution in [-0.2, 0) is 16.1 Å². The van der Waals surface area contributed by atoms with Crippen molar-refractivity contribution in [1.29, 1.82) is 0 Å². The van der Waals surface area contributed by atoms with Gasteiger partial charge in [0.1, 0.15) is 0 Å². The van der Waals surface area contributed by atoms with E-state index in [4.69, 9.17) is 4.74 Å². The smallest absolute Gasteiger partial charge is 0.292 e. The van der Waals surface area contributed by atoms with Crippen LogP contribution in [0.15, 0.2) is 35.3 Å². The van der Waals surface area contributed by atoms with Gasteiger partial charge in [-0.15, -0.1) is 0 Å². The maximum absolute atomic E-state index is 12.5. The Morgan fingerprint density at radius 2 is 1.89 bits per heavy atom. The lowest BCUT2D eigenvalue weighted by atomic mass is 9.90. The first-order chi connectivity index (χ1) is 13.1. The minimum absolute atomic E-state index is 0.118. The second-order valence-electron chi connectivity index (χ2n) is 8.32. The number of carbonyl (C=O) groups excluding carboxylic acids is 1. The van der Waals surface area contributed by atoms with Crippen molar-refractivity contribution in [2.24, 2.45) is 10.9 Å². The number of benzene rings is 1. The van der Waals surface area contributed by atoms with Gasteiger partial charge in [0.2, 0.25) is 0 Å². The fourth-order valence-electron chi connectivity index (χ4n) is 4.69. The number of nitrogens with zero attached hydrogens (tertiary/aromatic N) is 2. The molecule has 146 valence electrons. The van der Waals surface area contributed by atoms with Gasteiger partial charge in [-0.05, 0) is 30.7 Å². The van der Waals surface area contributed by atoms with Crippen LogP contribution in [0.5, 0.6) is 0 Å². The van der Waals surface area contributed by atoms with Crippen LogP contribution in [0.1, 0.15) is 56.9 Å².